The van der Waals surface area contributed by atoms with Crippen molar-refractivity contribution in [2.75, 3.05) is 12.8 Å². The minimum absolute atomic E-state index is 0.110. The second-order valence-electron chi connectivity index (χ2n) is 7.04. The van der Waals surface area contributed by atoms with E-state index < -0.39 is 6.04 Å². The molecule has 2 aromatic carbocycles. The van der Waals surface area contributed by atoms with Crippen LogP contribution < -0.4 is 5.32 Å². The number of amides is 2. The van der Waals surface area contributed by atoms with Crippen molar-refractivity contribution in [2.45, 2.75) is 39.1 Å². The molecule has 29 heavy (non-hydrogen) atoms. The van der Waals surface area contributed by atoms with Gasteiger partial charge in [-0.25, -0.2) is 0 Å². The highest BCUT2D eigenvalue weighted by Gasteiger charge is 2.26. The van der Waals surface area contributed by atoms with Crippen molar-refractivity contribution in [1.29, 1.82) is 0 Å². The maximum Gasteiger partial charge on any atom is 0.242 e. The smallest absolute Gasteiger partial charge is 0.242 e. The van der Waals surface area contributed by atoms with Gasteiger partial charge in [-0.1, -0.05) is 58.6 Å². The number of hydrogen-bond donors (Lipinski definition) is 1. The van der Waals surface area contributed by atoms with Gasteiger partial charge in [-0.3, -0.25) is 9.59 Å². The van der Waals surface area contributed by atoms with Gasteiger partial charge in [-0.15, -0.1) is 11.8 Å². The molecule has 156 valence electrons. The molecule has 0 radical (unpaired) electrons. The van der Waals surface area contributed by atoms with Crippen LogP contribution in [-0.2, 0) is 21.9 Å². The average molecular weight is 453 g/mol. The molecule has 4 nitrogen and oxygen atoms in total. The average Bonchev–Trinajstić information content (AvgIpc) is 2.65. The lowest BCUT2D eigenvalue weighted by Crippen LogP contribution is -2.47. The van der Waals surface area contributed by atoms with E-state index in [2.05, 4.69) is 37.4 Å². The summed E-state index contributed by atoms with van der Waals surface area (Å²) in [4.78, 5) is 26.7. The molecular weight excluding hydrogens is 427 g/mol. The van der Waals surface area contributed by atoms with Gasteiger partial charge in [0.1, 0.15) is 6.04 Å². The second-order valence-corrected chi connectivity index (χ2v) is 8.87. The predicted molar refractivity (Wildman–Crippen MR) is 123 cm³/mol. The third kappa shape index (κ3) is 6.95. The zero-order chi connectivity index (χ0) is 21.6. The Labute approximate surface area is 187 Å². The third-order valence-corrected chi connectivity index (χ3v) is 6.12. The summed E-state index contributed by atoms with van der Waals surface area (Å²) in [5, 5.41) is 3.61. The lowest BCUT2D eigenvalue weighted by atomic mass is 10.1. The summed E-state index contributed by atoms with van der Waals surface area (Å²) < 4.78 is 0. The molecule has 0 aromatic heterocycles. The molecule has 0 spiro atoms. The summed E-state index contributed by atoms with van der Waals surface area (Å²) in [5.41, 5.74) is 4.35. The highest BCUT2D eigenvalue weighted by Crippen LogP contribution is 2.24. The number of carbonyl (C=O) groups is 2. The highest BCUT2D eigenvalue weighted by atomic mass is 35.5. The molecule has 2 rings (SSSR count). The molecule has 1 N–H and O–H groups in total. The number of likely N-dealkylation sites (N-methyl/N-ethyl adjacent to an activating group) is 1. The van der Waals surface area contributed by atoms with Gasteiger partial charge in [0.25, 0.3) is 0 Å². The van der Waals surface area contributed by atoms with Crippen LogP contribution in [0.2, 0.25) is 10.0 Å². The fourth-order valence-corrected chi connectivity index (χ4v) is 4.43. The first-order valence-corrected chi connectivity index (χ1v) is 11.2. The lowest BCUT2D eigenvalue weighted by Gasteiger charge is -2.28. The summed E-state index contributed by atoms with van der Waals surface area (Å²) >= 11 is 13.8. The Morgan fingerprint density at radius 3 is 2.34 bits per heavy atom. The molecule has 0 saturated heterocycles. The normalized spacial score (nSPS) is 11.8. The lowest BCUT2D eigenvalue weighted by molar-refractivity contribution is -0.138. The molecule has 2 amide bonds. The Hall–Kier alpha value is -1.69. The number of carbonyl (C=O) groups excluding carboxylic acids is 2. The Balaban J connectivity index is 2.10. The van der Waals surface area contributed by atoms with Crippen LogP contribution in [0.4, 0.5) is 0 Å². The van der Waals surface area contributed by atoms with E-state index in [1.54, 1.807) is 37.1 Å². The van der Waals surface area contributed by atoms with E-state index in [1.807, 2.05) is 0 Å². The van der Waals surface area contributed by atoms with Crippen molar-refractivity contribution in [3.8, 4) is 0 Å². The largest absolute Gasteiger partial charge is 0.357 e. The minimum atomic E-state index is -0.610. The maximum atomic E-state index is 13.0. The number of nitrogens with one attached hydrogen (secondary N) is 1. The van der Waals surface area contributed by atoms with Crippen molar-refractivity contribution < 1.29 is 9.59 Å². The van der Waals surface area contributed by atoms with Gasteiger partial charge in [-0.2, -0.15) is 0 Å². The fraction of sp³-hybridized carbons (Fsp3) is 0.364. The molecule has 1 atom stereocenters. The van der Waals surface area contributed by atoms with Gasteiger partial charge in [0.15, 0.2) is 0 Å². The van der Waals surface area contributed by atoms with Crippen molar-refractivity contribution >= 4 is 46.8 Å². The van der Waals surface area contributed by atoms with Crippen molar-refractivity contribution in [1.82, 2.24) is 10.2 Å². The molecule has 0 bridgehead atoms. The SMILES string of the molecule is CNC(=O)[C@H](C)N(Cc1ccc(Cl)cc1Cl)C(=O)CSCc1cc(C)cc(C)c1. The third-order valence-electron chi connectivity index (χ3n) is 4.55. The topological polar surface area (TPSA) is 49.4 Å². The summed E-state index contributed by atoms with van der Waals surface area (Å²) in [6.07, 6.45) is 0. The molecule has 0 fully saturated rings. The number of thioether (sulfide) groups is 1. The molecule has 0 saturated carbocycles. The van der Waals surface area contributed by atoms with Crippen LogP contribution in [0.5, 0.6) is 0 Å². The molecule has 0 aliphatic carbocycles. The number of hydrogen-bond acceptors (Lipinski definition) is 3. The Morgan fingerprint density at radius 1 is 1.10 bits per heavy atom. The second kappa shape index (κ2) is 10.9. The van der Waals surface area contributed by atoms with Gasteiger partial charge < -0.3 is 10.2 Å². The quantitative estimate of drug-likeness (QED) is 0.612. The van der Waals surface area contributed by atoms with E-state index in [4.69, 9.17) is 23.2 Å². The Bertz CT molecular complexity index is 869. The standard InChI is InChI=1S/C22H26Cl2N2O2S/c1-14-7-15(2)9-17(8-14)12-29-13-21(27)26(16(3)22(28)25-4)11-18-5-6-19(23)10-20(18)24/h5-10,16H,11-13H2,1-4H3,(H,25,28)/t16-/m0/s1. The summed E-state index contributed by atoms with van der Waals surface area (Å²) in [5.74, 6) is 0.682. The van der Waals surface area contributed by atoms with E-state index in [0.717, 1.165) is 11.3 Å². The number of halogens is 2. The first-order valence-electron chi connectivity index (χ1n) is 9.31. The number of nitrogens with zero attached hydrogens (tertiary/aromatic N) is 1. The van der Waals surface area contributed by atoms with Gasteiger partial charge in [-0.05, 0) is 44.0 Å². The highest BCUT2D eigenvalue weighted by molar-refractivity contribution is 7.99. The van der Waals surface area contributed by atoms with Crippen LogP contribution in [0.3, 0.4) is 0 Å². The summed E-state index contributed by atoms with van der Waals surface area (Å²) in [6, 6.07) is 10.9. The molecule has 7 heteroatoms. The number of aryl methyl sites for hydroxylation is 2. The van der Waals surface area contributed by atoms with E-state index in [9.17, 15) is 9.59 Å². The van der Waals surface area contributed by atoms with Gasteiger partial charge >= 0.3 is 0 Å². The van der Waals surface area contributed by atoms with E-state index in [0.29, 0.717) is 10.0 Å². The molecule has 0 aliphatic rings. The fourth-order valence-electron chi connectivity index (χ4n) is 3.12. The summed E-state index contributed by atoms with van der Waals surface area (Å²) in [7, 11) is 1.56. The Kier molecular flexibility index (Phi) is 8.87. The van der Waals surface area contributed by atoms with Crippen molar-refractivity contribution in [3.05, 3.63) is 68.7 Å². The maximum absolute atomic E-state index is 13.0. The summed E-state index contributed by atoms with van der Waals surface area (Å²) in [6.45, 7) is 6.09. The van der Waals surface area contributed by atoms with Gasteiger partial charge in [0.2, 0.25) is 11.8 Å². The zero-order valence-electron chi connectivity index (χ0n) is 17.1. The number of benzene rings is 2. The van der Waals surface area contributed by atoms with E-state index in [-0.39, 0.29) is 24.1 Å². The monoisotopic (exact) mass is 452 g/mol. The van der Waals surface area contributed by atoms with E-state index in [1.165, 1.54) is 28.5 Å². The van der Waals surface area contributed by atoms with Gasteiger partial charge in [0.05, 0.1) is 5.75 Å². The molecule has 0 aliphatic heterocycles. The van der Waals surface area contributed by atoms with Crippen LogP contribution in [0.1, 0.15) is 29.2 Å². The molecular formula is C22H26Cl2N2O2S. The molecule has 0 heterocycles. The van der Waals surface area contributed by atoms with Gasteiger partial charge in [0, 0.05) is 29.4 Å². The zero-order valence-corrected chi connectivity index (χ0v) is 19.4. The van der Waals surface area contributed by atoms with Crippen LogP contribution in [0.25, 0.3) is 0 Å². The van der Waals surface area contributed by atoms with Crippen LogP contribution in [-0.4, -0.2) is 35.6 Å². The van der Waals surface area contributed by atoms with E-state index >= 15 is 0 Å². The first kappa shape index (κ1) is 23.6. The number of rotatable bonds is 8. The van der Waals surface area contributed by atoms with Crippen LogP contribution in [0, 0.1) is 13.8 Å². The Morgan fingerprint density at radius 2 is 1.76 bits per heavy atom. The molecule has 0 unspecified atom stereocenters. The van der Waals surface area contributed by atoms with Crippen molar-refractivity contribution in [3.63, 3.8) is 0 Å². The first-order chi connectivity index (χ1) is 13.7. The predicted octanol–water partition coefficient (Wildman–Crippen LogP) is 5.01. The molecule has 2 aromatic rings. The van der Waals surface area contributed by atoms with Crippen LogP contribution in [0.15, 0.2) is 36.4 Å². The van der Waals surface area contributed by atoms with Crippen LogP contribution >= 0.6 is 35.0 Å². The minimum Gasteiger partial charge on any atom is -0.357 e. The van der Waals surface area contributed by atoms with Crippen molar-refractivity contribution in [2.24, 2.45) is 0 Å².